The molecular formula is C20H24BrN3O3. The average molecular weight is 434 g/mol. The van der Waals surface area contributed by atoms with E-state index in [1.807, 2.05) is 19.1 Å². The smallest absolute Gasteiger partial charge is 0.336 e. The summed E-state index contributed by atoms with van der Waals surface area (Å²) in [4.78, 5) is 17.4. The number of amidine groups is 1. The number of rotatable bonds is 5. The maximum absolute atomic E-state index is 12.9. The summed E-state index contributed by atoms with van der Waals surface area (Å²) in [6, 6.07) is 4.00. The number of hydrogen-bond acceptors (Lipinski definition) is 6. The molecule has 144 valence electrons. The van der Waals surface area contributed by atoms with Crippen LogP contribution < -0.4 is 16.2 Å². The first kappa shape index (κ1) is 19.5. The largest absolute Gasteiger partial charge is 0.493 e. The normalized spacial score (nSPS) is 20.3. The van der Waals surface area contributed by atoms with Gasteiger partial charge in [0.15, 0.2) is 0 Å². The lowest BCUT2D eigenvalue weighted by atomic mass is 9.80. The molecule has 1 aromatic rings. The van der Waals surface area contributed by atoms with E-state index in [2.05, 4.69) is 20.9 Å². The second kappa shape index (κ2) is 8.17. The van der Waals surface area contributed by atoms with E-state index in [0.717, 1.165) is 34.2 Å². The molecule has 2 aliphatic rings. The van der Waals surface area contributed by atoms with E-state index >= 15 is 0 Å². The lowest BCUT2D eigenvalue weighted by Gasteiger charge is -2.29. The van der Waals surface area contributed by atoms with E-state index < -0.39 is 11.9 Å². The molecule has 3 rings (SSSR count). The highest BCUT2D eigenvalue weighted by atomic mass is 79.9. The monoisotopic (exact) mass is 433 g/mol. The van der Waals surface area contributed by atoms with Crippen molar-refractivity contribution in [2.24, 2.45) is 16.5 Å². The Morgan fingerprint density at radius 3 is 2.89 bits per heavy atom. The van der Waals surface area contributed by atoms with Crippen LogP contribution in [0.3, 0.4) is 0 Å². The molecule has 1 aromatic carbocycles. The lowest BCUT2D eigenvalue weighted by molar-refractivity contribution is -0.138. The quantitative estimate of drug-likeness (QED) is 0.693. The van der Waals surface area contributed by atoms with Crippen molar-refractivity contribution in [3.8, 4) is 5.75 Å². The van der Waals surface area contributed by atoms with E-state index in [0.29, 0.717) is 35.7 Å². The summed E-state index contributed by atoms with van der Waals surface area (Å²) >= 11 is 3.57. The number of carbonyl (C=O) groups is 1. The molecule has 2 heterocycles. The highest BCUT2D eigenvalue weighted by Gasteiger charge is 2.38. The molecule has 1 unspecified atom stereocenters. The van der Waals surface area contributed by atoms with Crippen molar-refractivity contribution < 1.29 is 14.3 Å². The molecule has 1 atom stereocenters. The number of fused-ring (bicyclic) bond motifs is 1. The van der Waals surface area contributed by atoms with Gasteiger partial charge in [-0.2, -0.15) is 0 Å². The molecule has 6 nitrogen and oxygen atoms in total. The number of halogens is 1. The van der Waals surface area contributed by atoms with Crippen molar-refractivity contribution in [3.05, 3.63) is 50.8 Å². The first-order valence-electron chi connectivity index (χ1n) is 9.13. The number of allylic oxidation sites excluding steroid dienone is 1. The molecule has 7 heteroatoms. The minimum absolute atomic E-state index is 0.280. The Morgan fingerprint density at radius 1 is 1.44 bits per heavy atom. The molecule has 0 aliphatic carbocycles. The highest BCUT2D eigenvalue weighted by molar-refractivity contribution is 9.10. The SMILES string of the molecule is CCCC1=C(C(=O)OCC)C(c2cc(Br)cc3c2OCC3)/C(=C/N)C(N)=N1. The summed E-state index contributed by atoms with van der Waals surface area (Å²) in [5.74, 6) is 0.242. The van der Waals surface area contributed by atoms with Gasteiger partial charge < -0.3 is 20.9 Å². The molecule has 0 amide bonds. The van der Waals surface area contributed by atoms with Crippen LogP contribution in [0.15, 0.2) is 44.6 Å². The molecule has 0 saturated heterocycles. The van der Waals surface area contributed by atoms with Crippen LogP contribution in [0.4, 0.5) is 0 Å². The Labute approximate surface area is 167 Å². The molecule has 4 N–H and O–H groups in total. The number of nitrogens with zero attached hydrogens (tertiary/aromatic N) is 1. The van der Waals surface area contributed by atoms with Crippen molar-refractivity contribution >= 4 is 27.7 Å². The maximum Gasteiger partial charge on any atom is 0.336 e. The van der Waals surface area contributed by atoms with Gasteiger partial charge in [-0.1, -0.05) is 29.3 Å². The van der Waals surface area contributed by atoms with Crippen LogP contribution in [0.2, 0.25) is 0 Å². The summed E-state index contributed by atoms with van der Waals surface area (Å²) in [6.45, 7) is 4.71. The van der Waals surface area contributed by atoms with Crippen LogP contribution in [0.1, 0.15) is 43.7 Å². The molecule has 0 radical (unpaired) electrons. The molecule has 0 aromatic heterocycles. The number of aliphatic imine (C=N–C) groups is 1. The number of ether oxygens (including phenoxy) is 2. The van der Waals surface area contributed by atoms with Crippen molar-refractivity contribution in [2.45, 2.75) is 39.0 Å². The van der Waals surface area contributed by atoms with Gasteiger partial charge in [-0.3, -0.25) is 0 Å². The highest BCUT2D eigenvalue weighted by Crippen LogP contribution is 2.46. The van der Waals surface area contributed by atoms with Crippen LogP contribution >= 0.6 is 15.9 Å². The zero-order valence-corrected chi connectivity index (χ0v) is 17.1. The summed E-state index contributed by atoms with van der Waals surface area (Å²) in [7, 11) is 0. The second-order valence-corrected chi connectivity index (χ2v) is 7.38. The van der Waals surface area contributed by atoms with Gasteiger partial charge >= 0.3 is 5.97 Å². The van der Waals surface area contributed by atoms with E-state index in [-0.39, 0.29) is 6.61 Å². The first-order chi connectivity index (χ1) is 13.0. The van der Waals surface area contributed by atoms with Gasteiger partial charge in [0, 0.05) is 28.2 Å². The fourth-order valence-corrected chi connectivity index (χ4v) is 4.15. The average Bonchev–Trinajstić information content (AvgIpc) is 3.09. The third kappa shape index (κ3) is 3.60. The third-order valence-corrected chi connectivity index (χ3v) is 5.17. The van der Waals surface area contributed by atoms with Crippen molar-refractivity contribution in [2.75, 3.05) is 13.2 Å². The topological polar surface area (TPSA) is 99.9 Å². The Bertz CT molecular complexity index is 858. The van der Waals surface area contributed by atoms with E-state index in [9.17, 15) is 4.79 Å². The molecule has 0 spiro atoms. The van der Waals surface area contributed by atoms with Crippen LogP contribution in [0.25, 0.3) is 0 Å². The fourth-order valence-electron chi connectivity index (χ4n) is 3.63. The van der Waals surface area contributed by atoms with Crippen molar-refractivity contribution in [1.29, 1.82) is 0 Å². The van der Waals surface area contributed by atoms with Crippen LogP contribution in [-0.2, 0) is 16.0 Å². The number of benzene rings is 1. The first-order valence-corrected chi connectivity index (χ1v) is 9.92. The van der Waals surface area contributed by atoms with Gasteiger partial charge in [0.25, 0.3) is 0 Å². The lowest BCUT2D eigenvalue weighted by Crippen LogP contribution is -2.30. The summed E-state index contributed by atoms with van der Waals surface area (Å²) in [6.07, 6.45) is 3.70. The van der Waals surface area contributed by atoms with Crippen LogP contribution in [-0.4, -0.2) is 25.0 Å². The van der Waals surface area contributed by atoms with Crippen molar-refractivity contribution in [1.82, 2.24) is 0 Å². The summed E-state index contributed by atoms with van der Waals surface area (Å²) in [5, 5.41) is 0. The molecular weight excluding hydrogens is 410 g/mol. The minimum atomic E-state index is -0.475. The Balaban J connectivity index is 2.26. The van der Waals surface area contributed by atoms with Gasteiger partial charge in [-0.05, 0) is 31.0 Å². The maximum atomic E-state index is 12.9. The summed E-state index contributed by atoms with van der Waals surface area (Å²) < 4.78 is 12.2. The van der Waals surface area contributed by atoms with Crippen LogP contribution in [0.5, 0.6) is 5.75 Å². The van der Waals surface area contributed by atoms with Gasteiger partial charge in [-0.25, -0.2) is 9.79 Å². The van der Waals surface area contributed by atoms with Gasteiger partial charge in [-0.15, -0.1) is 0 Å². The summed E-state index contributed by atoms with van der Waals surface area (Å²) in [5.41, 5.74) is 15.8. The van der Waals surface area contributed by atoms with E-state index in [1.54, 1.807) is 6.92 Å². The van der Waals surface area contributed by atoms with Crippen molar-refractivity contribution in [3.63, 3.8) is 0 Å². The third-order valence-electron chi connectivity index (χ3n) is 4.71. The Hall–Kier alpha value is -2.28. The molecule has 27 heavy (non-hydrogen) atoms. The standard InChI is InChI=1S/C20H24BrN3O3/c1-3-5-15-17(20(25)26-4-2)16(14(10-22)19(23)24-15)13-9-12(21)8-11-6-7-27-18(11)13/h8-10,16H,3-7,22H2,1-2H3,(H2,23,24)/b14-10-. The van der Waals surface area contributed by atoms with Crippen LogP contribution in [0, 0.1) is 0 Å². The predicted octanol–water partition coefficient (Wildman–Crippen LogP) is 3.30. The zero-order chi connectivity index (χ0) is 19.6. The number of nitrogens with two attached hydrogens (primary N) is 2. The van der Waals surface area contributed by atoms with Gasteiger partial charge in [0.05, 0.1) is 30.4 Å². The molecule has 0 fully saturated rings. The van der Waals surface area contributed by atoms with E-state index in [1.165, 1.54) is 6.20 Å². The Kier molecular flexibility index (Phi) is 5.89. The molecule has 0 saturated carbocycles. The number of esters is 1. The van der Waals surface area contributed by atoms with E-state index in [4.69, 9.17) is 20.9 Å². The Morgan fingerprint density at radius 2 is 2.22 bits per heavy atom. The van der Waals surface area contributed by atoms with Gasteiger partial charge in [0.1, 0.15) is 11.6 Å². The molecule has 2 aliphatic heterocycles. The predicted molar refractivity (Wildman–Crippen MR) is 109 cm³/mol. The van der Waals surface area contributed by atoms with Gasteiger partial charge in [0.2, 0.25) is 0 Å². The zero-order valence-electron chi connectivity index (χ0n) is 15.5. The number of carbonyl (C=O) groups excluding carboxylic acids is 1. The number of hydrogen-bond donors (Lipinski definition) is 2. The molecule has 0 bridgehead atoms. The fraction of sp³-hybridized carbons (Fsp3) is 0.400. The minimum Gasteiger partial charge on any atom is -0.493 e. The second-order valence-electron chi connectivity index (χ2n) is 6.46.